The zero-order valence-corrected chi connectivity index (χ0v) is 91.7. The molecule has 0 unspecified atom stereocenters. The number of nitrogens with zero attached hydrogens (tertiary/aromatic N) is 1. The fraction of sp³-hybridized carbons (Fsp3) is 0.0809. The van der Waals surface area contributed by atoms with Crippen LogP contribution in [0.5, 0.6) is 11.5 Å². The number of para-hydroxylation sites is 4. The minimum absolute atomic E-state index is 0.422. The highest BCUT2D eigenvalue weighted by molar-refractivity contribution is 7.84. The molecular formula is C136H112NO3P5S3. The molecule has 26 aromatic rings. The third-order valence-electron chi connectivity index (χ3n) is 29.4. The van der Waals surface area contributed by atoms with E-state index >= 15 is 0 Å². The molecule has 2 aliphatic rings. The molecule has 0 amide bonds. The highest BCUT2D eigenvalue weighted by Gasteiger charge is 2.51. The van der Waals surface area contributed by atoms with Crippen molar-refractivity contribution in [1.82, 2.24) is 4.40 Å². The first-order valence-corrected chi connectivity index (χ1v) is 67.0. The smallest absolute Gasteiger partial charge is 0.143 e. The molecule has 19 aromatic carbocycles. The van der Waals surface area contributed by atoms with Crippen molar-refractivity contribution in [3.05, 3.63) is 459 Å². The number of hydrogen-bond acceptors (Lipinski definition) is 6. The lowest BCUT2D eigenvalue weighted by Crippen LogP contribution is -2.32. The van der Waals surface area contributed by atoms with E-state index < -0.39 is 39.8 Å². The maximum atomic E-state index is 6.55. The van der Waals surface area contributed by atoms with Crippen LogP contribution in [-0.4, -0.2) is 103 Å². The van der Waals surface area contributed by atoms with Gasteiger partial charge in [0, 0.05) is 86.7 Å². The molecule has 722 valence electrons. The number of thiophene rings is 3. The zero-order valence-electron chi connectivity index (χ0n) is 84.7. The van der Waals surface area contributed by atoms with Gasteiger partial charge in [-0.2, -0.15) is 0 Å². The predicted molar refractivity (Wildman–Crippen MR) is 672 cm³/mol. The minimum Gasteiger partial charge on any atom is -0.457 e. The first kappa shape index (κ1) is 95.9. The average molecular weight is 2060 g/mol. The molecule has 0 bridgehead atoms. The largest absolute Gasteiger partial charge is 0.457 e. The van der Waals surface area contributed by atoms with Crippen LogP contribution in [0.3, 0.4) is 0 Å². The lowest BCUT2D eigenvalue weighted by Gasteiger charge is -2.39. The maximum absolute atomic E-state index is 6.55. The van der Waals surface area contributed by atoms with Crippen LogP contribution in [0.1, 0.15) is 22.3 Å². The number of aromatic nitrogens is 1. The molecule has 8 heterocycles. The van der Waals surface area contributed by atoms with Crippen molar-refractivity contribution < 1.29 is 13.6 Å². The predicted octanol–water partition coefficient (Wildman–Crippen LogP) is 36.9. The molecule has 1 aliphatic heterocycles. The van der Waals surface area contributed by atoms with Crippen molar-refractivity contribution in [2.75, 3.05) is 66.6 Å². The molecule has 0 N–H and O–H groups in total. The summed E-state index contributed by atoms with van der Waals surface area (Å²) in [6.45, 7) is 16.3. The molecule has 0 radical (unpaired) electrons. The number of hydrogen-bond donors (Lipinski definition) is 0. The Labute approximate surface area is 878 Å². The summed E-state index contributed by atoms with van der Waals surface area (Å²) in [6, 6.07) is 151. The Balaban J connectivity index is 0.000000101. The van der Waals surface area contributed by atoms with E-state index in [2.05, 4.69) is 533 Å². The van der Waals surface area contributed by atoms with Crippen LogP contribution < -0.4 is 30.6 Å². The van der Waals surface area contributed by atoms with E-state index in [1.807, 2.05) is 40.1 Å². The van der Waals surface area contributed by atoms with Gasteiger partial charge >= 0.3 is 0 Å². The van der Waals surface area contributed by atoms with Gasteiger partial charge < -0.3 is 18.0 Å². The van der Waals surface area contributed by atoms with Gasteiger partial charge in [-0.25, -0.2) is 0 Å². The van der Waals surface area contributed by atoms with Crippen LogP contribution >= 0.6 is 68.4 Å². The van der Waals surface area contributed by atoms with Crippen LogP contribution in [0.4, 0.5) is 0 Å². The second kappa shape index (κ2) is 37.9. The van der Waals surface area contributed by atoms with Crippen molar-refractivity contribution in [1.29, 1.82) is 0 Å². The number of ether oxygens (including phenoxy) is 1. The quantitative estimate of drug-likeness (QED) is 0.0957. The van der Waals surface area contributed by atoms with Crippen molar-refractivity contribution in [3.8, 4) is 89.4 Å². The molecule has 1 aliphatic carbocycles. The first-order valence-electron chi connectivity index (χ1n) is 50.1. The van der Waals surface area contributed by atoms with Crippen LogP contribution in [0, 0.1) is 0 Å². The van der Waals surface area contributed by atoms with Gasteiger partial charge in [-0.05, 0) is 281 Å². The molecule has 12 heteroatoms. The van der Waals surface area contributed by atoms with E-state index in [1.165, 1.54) is 204 Å². The minimum atomic E-state index is -1.40. The van der Waals surface area contributed by atoms with Crippen LogP contribution in [0.25, 0.3) is 200 Å². The molecule has 0 saturated heterocycles. The Morgan fingerprint density at radius 2 is 0.730 bits per heavy atom. The van der Waals surface area contributed by atoms with Crippen molar-refractivity contribution in [3.63, 3.8) is 0 Å². The van der Waals surface area contributed by atoms with E-state index in [0.717, 1.165) is 55.7 Å². The van der Waals surface area contributed by atoms with Gasteiger partial charge in [-0.3, -0.25) is 0 Å². The third-order valence-corrected chi connectivity index (χ3v) is 42.6. The van der Waals surface area contributed by atoms with Crippen LogP contribution in [0.15, 0.2) is 445 Å². The standard InChI is InChI=1S/C35H27OP.C34H27OP.C29H23OP.C27H24NP.C11H11PS3/c1-37(2,3)24-13-10-12-23(22-24)33-26-15-4-6-17-28(26)34(29-18-7-5-16-27(29)33)31-20-11-19-30-25-14-8-9-21-32(25)36-35(30)31;1-36(2,3)25-19-16-23(17-20-25)24-18-21-27-26-10-4-5-11-28(26)34(31(27)22-24)29-12-6-8-14-32(29)35-33-15-9-7-13-30(33)34;1-31(2,3)22-15-12-20(13-16-22)25-18-21-9-5-7-11-24(21)28-27-23-10-6-4-8-19(23)14-17-26(27)30-29(25)28;1-29(2,3)25-9-6-8-23(17-25)20-11-13-21(14-12-20)24-18-27-26-10-5-4-7-22(26)15-16-28(27)19-24;1-12(2,3)9-6-8-11(15-9)10-7(14-8)4-5-13-10/h4-22H,1H2,2-3H3;4-22H,1H2,2-3H3;4-18H,1H2,2-3H3;4-19H,1H2,2-3H3;4-6H,1H2,2-3H3. The van der Waals surface area contributed by atoms with E-state index in [0.29, 0.717) is 0 Å². The van der Waals surface area contributed by atoms with Crippen LogP contribution in [-0.2, 0) is 5.41 Å². The summed E-state index contributed by atoms with van der Waals surface area (Å²) < 4.78 is 29.1. The Morgan fingerprint density at radius 1 is 0.264 bits per heavy atom. The normalized spacial score (nSPS) is 12.8. The Bertz CT molecular complexity index is 9980. The summed E-state index contributed by atoms with van der Waals surface area (Å²) in [6.07, 6.45) is 26.4. The number of furan rings is 2. The molecule has 4 nitrogen and oxygen atoms in total. The molecule has 1 spiro atoms. The fourth-order valence-electron chi connectivity index (χ4n) is 21.9. The molecule has 28 rings (SSSR count). The van der Waals surface area contributed by atoms with Gasteiger partial charge in [-0.15, -0.1) is 34.0 Å². The number of fused-ring (bicyclic) bond motifs is 27. The van der Waals surface area contributed by atoms with Gasteiger partial charge in [0.05, 0.1) is 20.3 Å². The Hall–Kier alpha value is -14.2. The summed E-state index contributed by atoms with van der Waals surface area (Å²) in [7, 11) is 0. The second-order valence-electron chi connectivity index (χ2n) is 42.0. The summed E-state index contributed by atoms with van der Waals surface area (Å²) >= 11 is 5.73. The maximum Gasteiger partial charge on any atom is 0.143 e. The van der Waals surface area contributed by atoms with Crippen LogP contribution in [0.2, 0.25) is 0 Å². The number of rotatable bonds is 11. The fourth-order valence-corrected chi connectivity index (χ4v) is 31.1. The summed E-state index contributed by atoms with van der Waals surface area (Å²) in [4.78, 5) is 0. The Kier molecular flexibility index (Phi) is 24.5. The molecule has 0 atom stereocenters. The van der Waals surface area contributed by atoms with Crippen molar-refractivity contribution in [2.24, 2.45) is 0 Å². The Morgan fingerprint density at radius 3 is 1.35 bits per heavy atom. The van der Waals surface area contributed by atoms with Gasteiger partial charge in [0.1, 0.15) is 33.8 Å². The van der Waals surface area contributed by atoms with E-state index in [9.17, 15) is 0 Å². The van der Waals surface area contributed by atoms with Crippen molar-refractivity contribution in [2.45, 2.75) is 5.41 Å². The van der Waals surface area contributed by atoms with E-state index in [1.54, 1.807) is 0 Å². The monoisotopic (exact) mass is 2060 g/mol. The van der Waals surface area contributed by atoms with Gasteiger partial charge in [-0.1, -0.05) is 412 Å². The number of pyridine rings is 1. The average Bonchev–Trinajstić information content (AvgIpc) is 1.51. The highest BCUT2D eigenvalue weighted by atomic mass is 32.1. The SMILES string of the molecule is C=P(C)(C)c1cc2sc3ccsc3c2s1.C=P(C)(C)c1ccc(-c2cc3ccccc3c3c2oc2ccc4ccccc4c23)cc1.C=P(C)(C)c1ccc(-c2ccc3c(c2)C2(c4ccccc4Oc4ccccc42)c2ccccc2-3)cc1.C=P(C)(C)c1cccc(-c2c3ccccc3c(-c3cccc4c3oc3ccccc34)c3ccccc23)c1.C=P(C)(C)c1cccc(-c2ccc(-c3cc4c5ccccc5ccn4c3)cc2)c1. The lowest BCUT2D eigenvalue weighted by molar-refractivity contribution is 0.436. The molecule has 7 aromatic heterocycles. The highest BCUT2D eigenvalue weighted by Crippen LogP contribution is 2.63. The summed E-state index contributed by atoms with van der Waals surface area (Å²) in [5.41, 5.74) is 26.9. The van der Waals surface area contributed by atoms with Gasteiger partial charge in [0.2, 0.25) is 0 Å². The van der Waals surface area contributed by atoms with Gasteiger partial charge in [0.25, 0.3) is 0 Å². The summed E-state index contributed by atoms with van der Waals surface area (Å²) in [5, 5.41) is 24.8. The van der Waals surface area contributed by atoms with E-state index in [-0.39, 0.29) is 0 Å². The first-order chi connectivity index (χ1) is 71.5. The topological polar surface area (TPSA) is 39.9 Å². The molecular weight excluding hydrogens is 1950 g/mol. The number of benzene rings is 19. The van der Waals surface area contributed by atoms with Gasteiger partial charge in [0.15, 0.2) is 0 Å². The second-order valence-corrected chi connectivity index (χ2v) is 64.8. The lowest BCUT2D eigenvalue weighted by atomic mass is 9.66. The molecule has 0 fully saturated rings. The zero-order chi connectivity index (χ0) is 101. The summed E-state index contributed by atoms with van der Waals surface area (Å²) in [5.74, 6) is 1.85. The third kappa shape index (κ3) is 17.4. The molecule has 0 saturated carbocycles. The molecule has 148 heavy (non-hydrogen) atoms. The van der Waals surface area contributed by atoms with E-state index in [4.69, 9.17) is 13.6 Å². The van der Waals surface area contributed by atoms with Crippen molar-refractivity contribution >= 4 is 248 Å².